The van der Waals surface area contributed by atoms with E-state index in [1.165, 1.54) is 6.20 Å². The number of carbonyl (C=O) groups is 1. The van der Waals surface area contributed by atoms with Crippen LogP contribution in [0.15, 0.2) is 38.8 Å². The molecule has 4 nitrogen and oxygen atoms in total. The fourth-order valence-corrected chi connectivity index (χ4v) is 0.990. The highest BCUT2D eigenvalue weighted by atomic mass is 16.1. The molecular weight excluding hydrogens is 142 g/mol. The summed E-state index contributed by atoms with van der Waals surface area (Å²) in [6, 6.07) is 0. The van der Waals surface area contributed by atoms with Crippen LogP contribution < -0.4 is 0 Å². The van der Waals surface area contributed by atoms with E-state index in [1.807, 2.05) is 0 Å². The van der Waals surface area contributed by atoms with Crippen molar-refractivity contribution in [2.75, 3.05) is 0 Å². The highest BCUT2D eigenvalue weighted by Gasteiger charge is 2.16. The van der Waals surface area contributed by atoms with E-state index in [0.29, 0.717) is 17.8 Å². The number of hydrogen-bond donors (Lipinski definition) is 0. The maximum absolute atomic E-state index is 10.3. The van der Waals surface area contributed by atoms with E-state index in [-0.39, 0.29) is 0 Å². The molecular formula is C7H5N3O. The van der Waals surface area contributed by atoms with Crippen molar-refractivity contribution in [1.82, 2.24) is 0 Å². The molecule has 54 valence electrons. The molecule has 0 spiro atoms. The highest BCUT2D eigenvalue weighted by Crippen LogP contribution is 2.21. The van der Waals surface area contributed by atoms with Crippen LogP contribution in [-0.2, 0) is 4.79 Å². The molecule has 0 bridgehead atoms. The van der Waals surface area contributed by atoms with E-state index in [2.05, 4.69) is 15.2 Å². The molecule has 2 rings (SSSR count). The van der Waals surface area contributed by atoms with Gasteiger partial charge in [0.15, 0.2) is 5.84 Å². The number of azo groups is 1. The number of aliphatic imine (C=N–C) groups is 1. The maximum atomic E-state index is 10.3. The molecule has 2 aliphatic rings. The maximum Gasteiger partial charge on any atom is 0.179 e. The number of rotatable bonds is 1. The lowest BCUT2D eigenvalue weighted by Crippen LogP contribution is -2.02. The van der Waals surface area contributed by atoms with Gasteiger partial charge in [-0.2, -0.15) is 5.11 Å². The minimum Gasteiger partial charge on any atom is -0.298 e. The van der Waals surface area contributed by atoms with E-state index in [9.17, 15) is 4.79 Å². The third-order valence-electron chi connectivity index (χ3n) is 1.55. The second kappa shape index (κ2) is 2.23. The van der Waals surface area contributed by atoms with E-state index in [1.54, 1.807) is 6.20 Å². The summed E-state index contributed by atoms with van der Waals surface area (Å²) in [6.45, 7) is 0. The van der Waals surface area contributed by atoms with Gasteiger partial charge < -0.3 is 0 Å². The Morgan fingerprint density at radius 1 is 1.45 bits per heavy atom. The Morgan fingerprint density at radius 3 is 3.18 bits per heavy atom. The lowest BCUT2D eigenvalue weighted by atomic mass is 10.1. The molecule has 0 saturated carbocycles. The molecule has 0 amide bonds. The zero-order chi connectivity index (χ0) is 7.68. The Kier molecular flexibility index (Phi) is 1.25. The van der Waals surface area contributed by atoms with Crippen LogP contribution in [0.25, 0.3) is 0 Å². The van der Waals surface area contributed by atoms with E-state index in [4.69, 9.17) is 0 Å². The summed E-state index contributed by atoms with van der Waals surface area (Å²) in [4.78, 5) is 14.3. The van der Waals surface area contributed by atoms with Gasteiger partial charge in [-0.1, -0.05) is 0 Å². The second-order valence-electron chi connectivity index (χ2n) is 2.32. The van der Waals surface area contributed by atoms with Crippen molar-refractivity contribution in [1.29, 1.82) is 0 Å². The van der Waals surface area contributed by atoms with Crippen LogP contribution >= 0.6 is 0 Å². The van der Waals surface area contributed by atoms with E-state index >= 15 is 0 Å². The van der Waals surface area contributed by atoms with Gasteiger partial charge >= 0.3 is 0 Å². The minimum absolute atomic E-state index is 0.606. The Bertz CT molecular complexity index is 323. The number of fused-ring (bicyclic) bond motifs is 1. The van der Waals surface area contributed by atoms with Gasteiger partial charge in [-0.05, 0) is 0 Å². The van der Waals surface area contributed by atoms with Crippen molar-refractivity contribution >= 4 is 12.1 Å². The van der Waals surface area contributed by atoms with Gasteiger partial charge in [-0.3, -0.25) is 4.79 Å². The SMILES string of the molecule is O=CC1=CN=C2N=NC=C2C1. The summed E-state index contributed by atoms with van der Waals surface area (Å²) in [5.74, 6) is 0.635. The fraction of sp³-hybridized carbons (Fsp3) is 0.143. The topological polar surface area (TPSA) is 54.1 Å². The lowest BCUT2D eigenvalue weighted by Gasteiger charge is -2.04. The van der Waals surface area contributed by atoms with Gasteiger partial charge in [0.2, 0.25) is 0 Å². The second-order valence-corrected chi connectivity index (χ2v) is 2.32. The predicted molar refractivity (Wildman–Crippen MR) is 39.1 cm³/mol. The standard InChI is InChI=1S/C7H5N3O/c11-4-5-1-6-3-9-10-7(6)8-2-5/h2-4H,1H2. The quantitative estimate of drug-likeness (QED) is 0.514. The molecule has 4 heteroatoms. The molecule has 0 saturated heterocycles. The van der Waals surface area contributed by atoms with Crippen LogP contribution in [0.2, 0.25) is 0 Å². The average Bonchev–Trinajstić information content (AvgIpc) is 2.50. The van der Waals surface area contributed by atoms with Gasteiger partial charge in [0, 0.05) is 23.8 Å². The summed E-state index contributed by atoms with van der Waals surface area (Å²) in [6.07, 6.45) is 4.58. The molecule has 0 radical (unpaired) electrons. The summed E-state index contributed by atoms with van der Waals surface area (Å²) >= 11 is 0. The summed E-state index contributed by atoms with van der Waals surface area (Å²) in [5, 5.41) is 7.43. The Hall–Kier alpha value is -1.58. The van der Waals surface area contributed by atoms with Crippen LogP contribution in [0.5, 0.6) is 0 Å². The number of amidine groups is 1. The molecule has 0 aromatic carbocycles. The lowest BCUT2D eigenvalue weighted by molar-refractivity contribution is -0.105. The number of allylic oxidation sites excluding steroid dienone is 1. The van der Waals surface area contributed by atoms with Crippen molar-refractivity contribution in [2.24, 2.45) is 15.2 Å². The Morgan fingerprint density at radius 2 is 2.36 bits per heavy atom. The van der Waals surface area contributed by atoms with Crippen molar-refractivity contribution in [3.63, 3.8) is 0 Å². The normalized spacial score (nSPS) is 20.2. The summed E-state index contributed by atoms with van der Waals surface area (Å²) in [5.41, 5.74) is 1.60. The summed E-state index contributed by atoms with van der Waals surface area (Å²) in [7, 11) is 0. The van der Waals surface area contributed by atoms with E-state index < -0.39 is 0 Å². The van der Waals surface area contributed by atoms with Crippen molar-refractivity contribution in [3.8, 4) is 0 Å². The van der Waals surface area contributed by atoms with Gasteiger partial charge in [0.25, 0.3) is 0 Å². The first-order chi connectivity index (χ1) is 5.40. The molecule has 0 aromatic rings. The third kappa shape index (κ3) is 0.920. The van der Waals surface area contributed by atoms with Crippen LogP contribution in [0.4, 0.5) is 0 Å². The zero-order valence-corrected chi connectivity index (χ0v) is 5.69. The van der Waals surface area contributed by atoms with Gasteiger partial charge in [0.05, 0.1) is 6.20 Å². The molecule has 0 atom stereocenters. The summed E-state index contributed by atoms with van der Waals surface area (Å²) < 4.78 is 0. The van der Waals surface area contributed by atoms with Crippen LogP contribution in [0.3, 0.4) is 0 Å². The van der Waals surface area contributed by atoms with Gasteiger partial charge in [-0.15, -0.1) is 5.11 Å². The molecule has 0 unspecified atom stereocenters. The third-order valence-corrected chi connectivity index (χ3v) is 1.55. The predicted octanol–water partition coefficient (Wildman–Crippen LogP) is 1.22. The van der Waals surface area contributed by atoms with Gasteiger partial charge in [0.1, 0.15) is 6.29 Å². The number of carbonyl (C=O) groups excluding carboxylic acids is 1. The highest BCUT2D eigenvalue weighted by molar-refractivity contribution is 6.03. The molecule has 11 heavy (non-hydrogen) atoms. The Balaban J connectivity index is 2.37. The first kappa shape index (κ1) is 6.15. The van der Waals surface area contributed by atoms with Crippen LogP contribution in [0.1, 0.15) is 6.42 Å². The van der Waals surface area contributed by atoms with Crippen LogP contribution in [0, 0.1) is 0 Å². The van der Waals surface area contributed by atoms with Crippen molar-refractivity contribution < 1.29 is 4.79 Å². The molecule has 0 aliphatic carbocycles. The minimum atomic E-state index is 0.606. The molecule has 0 fully saturated rings. The van der Waals surface area contributed by atoms with Crippen LogP contribution in [-0.4, -0.2) is 12.1 Å². The Labute approximate surface area is 63.0 Å². The first-order valence-electron chi connectivity index (χ1n) is 3.22. The van der Waals surface area contributed by atoms with Gasteiger partial charge in [-0.25, -0.2) is 4.99 Å². The number of hydrogen-bond acceptors (Lipinski definition) is 4. The smallest absolute Gasteiger partial charge is 0.179 e. The zero-order valence-electron chi connectivity index (χ0n) is 5.69. The number of aldehydes is 1. The monoisotopic (exact) mass is 147 g/mol. The molecule has 2 heterocycles. The van der Waals surface area contributed by atoms with E-state index in [0.717, 1.165) is 11.9 Å². The average molecular weight is 147 g/mol. The van der Waals surface area contributed by atoms with Crippen molar-refractivity contribution in [2.45, 2.75) is 6.42 Å². The number of nitrogens with zero attached hydrogens (tertiary/aromatic N) is 3. The fourth-order valence-electron chi connectivity index (χ4n) is 0.990. The molecule has 0 N–H and O–H groups in total. The first-order valence-corrected chi connectivity index (χ1v) is 3.22. The largest absolute Gasteiger partial charge is 0.298 e. The molecule has 2 aliphatic heterocycles. The van der Waals surface area contributed by atoms with Crippen molar-refractivity contribution in [3.05, 3.63) is 23.5 Å². The molecule has 0 aromatic heterocycles.